The minimum Gasteiger partial charge on any atom is -0.399 e. The Morgan fingerprint density at radius 2 is 1.14 bits per heavy atom. The number of anilines is 1. The van der Waals surface area contributed by atoms with E-state index in [4.69, 9.17) is 11.5 Å². The molecule has 6 aromatic carbocycles. The molecule has 2 saturated carbocycles. The summed E-state index contributed by atoms with van der Waals surface area (Å²) in [5.74, 6) is 2.42. The second kappa shape index (κ2) is 24.2. The number of ketones is 2. The smallest absolute Gasteiger partial charge is 0.223 e. The van der Waals surface area contributed by atoms with Gasteiger partial charge in [0.25, 0.3) is 0 Å². The highest BCUT2D eigenvalue weighted by atomic mass is 19.1. The van der Waals surface area contributed by atoms with Crippen LogP contribution in [-0.4, -0.2) is 43.5 Å². The van der Waals surface area contributed by atoms with E-state index in [-0.39, 0.29) is 53.2 Å². The monoisotopic (exact) mass is 970 g/mol. The summed E-state index contributed by atoms with van der Waals surface area (Å²) in [4.78, 5) is 53.7. The third-order valence-electron chi connectivity index (χ3n) is 14.2. The minimum atomic E-state index is -0.261. The Balaban J connectivity index is 0.000000164. The molecule has 1 amide bonds. The summed E-state index contributed by atoms with van der Waals surface area (Å²) in [6, 6.07) is 44.6. The van der Waals surface area contributed by atoms with E-state index in [1.807, 2.05) is 111 Å². The zero-order valence-electron chi connectivity index (χ0n) is 41.1. The number of carbonyl (C=O) groups is 3. The fourth-order valence-electron chi connectivity index (χ4n) is 9.89. The molecule has 0 bridgehead atoms. The van der Waals surface area contributed by atoms with Crippen molar-refractivity contribution in [2.45, 2.75) is 102 Å². The van der Waals surface area contributed by atoms with Crippen LogP contribution >= 0.6 is 0 Å². The number of nitrogens with two attached hydrogens (primary N) is 2. The normalized spacial score (nSPS) is 18.5. The van der Waals surface area contributed by atoms with Gasteiger partial charge in [-0.25, -0.2) is 18.7 Å². The first-order chi connectivity index (χ1) is 34.8. The number of hydrogen-bond acceptors (Lipinski definition) is 7. The number of nitrogens with one attached hydrogen (secondary N) is 3. The van der Waals surface area contributed by atoms with Gasteiger partial charge in [0.05, 0.1) is 28.1 Å². The van der Waals surface area contributed by atoms with Gasteiger partial charge in [0.2, 0.25) is 5.91 Å². The highest BCUT2D eigenvalue weighted by Crippen LogP contribution is 2.34. The Morgan fingerprint density at radius 1 is 0.625 bits per heavy atom. The molecule has 372 valence electrons. The van der Waals surface area contributed by atoms with Gasteiger partial charge in [-0.15, -0.1) is 0 Å². The SMILES string of the molecule is C[C@@H](CC(=O)C1CCC(CC(=O)Cc2ccc3nc(-c4ccccc4)[nH]c3c2)CC1)c1ccc(F)cc1.C[C@@H](NC(=O)C1CCC(N)CC1)c1ccc(F)cc1.Nc1ccc2nc(-c3ccccc3)[nH]c2c1. The standard InChI is InChI=1S/C32H33FN2O2.C15H21FN2O.C13H11N3/c1-21(24-12-14-27(33)15-13-24)17-31(37)25-10-7-22(8-11-25)18-28(36)19-23-9-16-29-30(20-23)35-32(34-29)26-5-3-2-4-6-26;1-10(11-2-6-13(16)7-3-11)18-15(19)12-4-8-14(17)9-5-12;14-10-6-7-11-12(8-10)16-13(15-11)9-4-2-1-3-5-9/h2-6,9,12-16,20-22,25H,7-8,10-11,17-19H2,1H3,(H,34,35);2-3,6-7,10,12,14H,4-5,8-9,17H2,1H3,(H,18,19);1-8H,14H2,(H,15,16)/t21-,22?,25?;10-,12?,14?;/m01./s1. The number of amides is 1. The molecule has 0 saturated heterocycles. The number of H-pyrrole nitrogens is 2. The fourth-order valence-corrected chi connectivity index (χ4v) is 9.89. The number of halogens is 2. The average molecular weight is 970 g/mol. The van der Waals surface area contributed by atoms with Gasteiger partial charge in [-0.3, -0.25) is 14.4 Å². The van der Waals surface area contributed by atoms with Crippen LogP contribution in [0.2, 0.25) is 0 Å². The Bertz CT molecular complexity index is 3030. The maximum Gasteiger partial charge on any atom is 0.223 e. The summed E-state index contributed by atoms with van der Waals surface area (Å²) >= 11 is 0. The van der Waals surface area contributed by atoms with E-state index < -0.39 is 0 Å². The van der Waals surface area contributed by atoms with Crippen molar-refractivity contribution in [3.63, 3.8) is 0 Å². The van der Waals surface area contributed by atoms with Crippen molar-refractivity contribution in [3.05, 3.63) is 174 Å². The first-order valence-corrected chi connectivity index (χ1v) is 25.3. The number of fused-ring (bicyclic) bond motifs is 2. The first-order valence-electron chi connectivity index (χ1n) is 25.3. The molecule has 2 aliphatic rings. The lowest BCUT2D eigenvalue weighted by Gasteiger charge is -2.28. The quantitative estimate of drug-likeness (QED) is 0.0715. The lowest BCUT2D eigenvalue weighted by Crippen LogP contribution is -2.37. The number of aromatic nitrogens is 4. The summed E-state index contributed by atoms with van der Waals surface area (Å²) < 4.78 is 26.0. The van der Waals surface area contributed by atoms with Gasteiger partial charge < -0.3 is 26.8 Å². The van der Waals surface area contributed by atoms with Crippen LogP contribution in [0.1, 0.15) is 107 Å². The second-order valence-corrected chi connectivity index (χ2v) is 19.7. The van der Waals surface area contributed by atoms with Gasteiger partial charge in [0.1, 0.15) is 34.8 Å². The van der Waals surface area contributed by atoms with Crippen LogP contribution in [0, 0.1) is 29.4 Å². The van der Waals surface area contributed by atoms with Gasteiger partial charge in [-0.05, 0) is 141 Å². The zero-order valence-corrected chi connectivity index (χ0v) is 41.1. The van der Waals surface area contributed by atoms with Crippen LogP contribution in [-0.2, 0) is 20.8 Å². The van der Waals surface area contributed by atoms with Crippen LogP contribution < -0.4 is 16.8 Å². The van der Waals surface area contributed by atoms with Crippen LogP contribution in [0.5, 0.6) is 0 Å². The molecule has 8 aromatic rings. The van der Waals surface area contributed by atoms with Crippen LogP contribution in [0.25, 0.3) is 44.8 Å². The number of benzene rings is 6. The summed E-state index contributed by atoms with van der Waals surface area (Å²) in [6.07, 6.45) is 8.61. The number of rotatable bonds is 13. The zero-order chi connectivity index (χ0) is 50.6. The van der Waals surface area contributed by atoms with Crippen molar-refractivity contribution >= 4 is 45.2 Å². The van der Waals surface area contributed by atoms with Crippen LogP contribution in [0.4, 0.5) is 14.5 Å². The highest BCUT2D eigenvalue weighted by Gasteiger charge is 2.29. The Labute approximate surface area is 420 Å². The molecule has 2 heterocycles. The number of nitrogen functional groups attached to an aromatic ring is 1. The van der Waals surface area contributed by atoms with E-state index in [0.717, 1.165) is 119 Å². The van der Waals surface area contributed by atoms with E-state index in [2.05, 4.69) is 25.3 Å². The first kappa shape index (κ1) is 51.1. The lowest BCUT2D eigenvalue weighted by atomic mass is 9.76. The third kappa shape index (κ3) is 14.0. The molecule has 0 radical (unpaired) electrons. The van der Waals surface area contributed by atoms with Gasteiger partial charge in [0.15, 0.2) is 0 Å². The van der Waals surface area contributed by atoms with Crippen LogP contribution in [0.15, 0.2) is 146 Å². The van der Waals surface area contributed by atoms with Crippen molar-refractivity contribution in [1.29, 1.82) is 0 Å². The van der Waals surface area contributed by atoms with Crippen molar-refractivity contribution in [2.75, 3.05) is 5.73 Å². The third-order valence-corrected chi connectivity index (χ3v) is 14.2. The molecule has 72 heavy (non-hydrogen) atoms. The molecule has 0 unspecified atom stereocenters. The van der Waals surface area contributed by atoms with Gasteiger partial charge in [-0.1, -0.05) is 97.9 Å². The van der Waals surface area contributed by atoms with Gasteiger partial charge >= 0.3 is 0 Å². The van der Waals surface area contributed by atoms with Gasteiger partial charge in [0, 0.05) is 54.0 Å². The maximum atomic E-state index is 13.2. The molecule has 12 heteroatoms. The van der Waals surface area contributed by atoms with E-state index in [1.54, 1.807) is 24.3 Å². The second-order valence-electron chi connectivity index (χ2n) is 19.7. The molecule has 2 fully saturated rings. The Kier molecular flexibility index (Phi) is 17.2. The summed E-state index contributed by atoms with van der Waals surface area (Å²) in [5, 5.41) is 3.00. The molecule has 2 aliphatic carbocycles. The molecule has 10 nitrogen and oxygen atoms in total. The largest absolute Gasteiger partial charge is 0.399 e. The van der Waals surface area contributed by atoms with Crippen molar-refractivity contribution < 1.29 is 23.2 Å². The predicted octanol–water partition coefficient (Wildman–Crippen LogP) is 12.8. The molecule has 0 spiro atoms. The van der Waals surface area contributed by atoms with Crippen molar-refractivity contribution in [3.8, 4) is 22.8 Å². The van der Waals surface area contributed by atoms with Crippen molar-refractivity contribution in [2.24, 2.45) is 23.5 Å². The highest BCUT2D eigenvalue weighted by molar-refractivity contribution is 5.85. The number of nitrogens with zero attached hydrogens (tertiary/aromatic N) is 2. The number of hydrogen-bond donors (Lipinski definition) is 5. The summed E-state index contributed by atoms with van der Waals surface area (Å²) in [6.45, 7) is 3.94. The molecule has 7 N–H and O–H groups in total. The minimum absolute atomic E-state index is 0.0719. The Morgan fingerprint density at radius 3 is 1.71 bits per heavy atom. The average Bonchev–Trinajstić information content (AvgIpc) is 4.02. The molecular weight excluding hydrogens is 905 g/mol. The number of imidazole rings is 2. The number of aromatic amines is 2. The molecular formula is C60H65F2N7O3. The van der Waals surface area contributed by atoms with Crippen molar-refractivity contribution in [1.82, 2.24) is 25.3 Å². The van der Waals surface area contributed by atoms with Gasteiger partial charge in [-0.2, -0.15) is 0 Å². The summed E-state index contributed by atoms with van der Waals surface area (Å²) in [5.41, 5.74) is 21.1. The van der Waals surface area contributed by atoms with E-state index in [1.165, 1.54) is 24.3 Å². The van der Waals surface area contributed by atoms with E-state index >= 15 is 0 Å². The Hall–Kier alpha value is -7.31. The lowest BCUT2D eigenvalue weighted by molar-refractivity contribution is -0.127. The molecule has 2 atom stereocenters. The molecule has 10 rings (SSSR count). The number of Topliss-reactive ketones (excluding diaryl/α,β-unsaturated/α-hetero) is 2. The van der Waals surface area contributed by atoms with E-state index in [9.17, 15) is 23.2 Å². The topological polar surface area (TPSA) is 173 Å². The fraction of sp³-hybridized carbons (Fsp3) is 0.317. The number of carbonyl (C=O) groups excluding carboxylic acids is 3. The van der Waals surface area contributed by atoms with Crippen LogP contribution in [0.3, 0.4) is 0 Å². The van der Waals surface area contributed by atoms with E-state index in [0.29, 0.717) is 31.0 Å². The molecule has 0 aliphatic heterocycles. The molecule has 2 aromatic heterocycles. The predicted molar refractivity (Wildman–Crippen MR) is 284 cm³/mol. The maximum absolute atomic E-state index is 13.2. The summed E-state index contributed by atoms with van der Waals surface area (Å²) in [7, 11) is 0.